The van der Waals surface area contributed by atoms with Crippen molar-refractivity contribution in [3.63, 3.8) is 0 Å². The second-order valence-corrected chi connectivity index (χ2v) is 12.7. The van der Waals surface area contributed by atoms with Crippen LogP contribution in [0.1, 0.15) is 60.6 Å². The number of nitriles is 1. The summed E-state index contributed by atoms with van der Waals surface area (Å²) in [7, 11) is 3.84. The van der Waals surface area contributed by atoms with Gasteiger partial charge in [0.2, 0.25) is 11.7 Å². The van der Waals surface area contributed by atoms with Gasteiger partial charge in [0, 0.05) is 43.6 Å². The van der Waals surface area contributed by atoms with Gasteiger partial charge in [0.25, 0.3) is 0 Å². The second kappa shape index (κ2) is 11.7. The number of rotatable bonds is 7. The first-order chi connectivity index (χ1) is 21.8. The molecule has 2 aliphatic heterocycles. The summed E-state index contributed by atoms with van der Waals surface area (Å²) < 4.78 is 18.5. The Bertz CT molecular complexity index is 1730. The van der Waals surface area contributed by atoms with Gasteiger partial charge in [0.1, 0.15) is 18.4 Å². The third-order valence-corrected chi connectivity index (χ3v) is 10.1. The van der Waals surface area contributed by atoms with Crippen molar-refractivity contribution in [3.8, 4) is 23.5 Å². The molecular formula is C33H40N9O3+. The van der Waals surface area contributed by atoms with E-state index in [0.717, 1.165) is 73.1 Å². The molecule has 1 spiro atoms. The summed E-state index contributed by atoms with van der Waals surface area (Å²) in [5, 5.41) is 28.0. The van der Waals surface area contributed by atoms with E-state index in [9.17, 15) is 5.26 Å². The zero-order chi connectivity index (χ0) is 31.3. The fourth-order valence-corrected chi connectivity index (χ4v) is 7.96. The number of likely N-dealkylation sites (tertiary alicyclic amines) is 1. The standard InChI is InChI=1S/C33H39N9O3/c1-18(30-25(43-3)9-12-42(30)2)44-27-13-26(38-16-20-15-37-17-24(20)36)39-32(40-27)29-21-5-4-10-33(31(21)45-41-29)11-8-19-6-7-23(35)22(14-34)28(19)33/h6-7,13,16,18,25,30,36-37H,4-5,8-12,15,17,35H2,1-3H3,(H,38,39,40)/p+1/b20-16-,36-24?/t18-,25-,30+,33-/m0/s1. The average molecular weight is 611 g/mol. The molecule has 234 valence electrons. The molecule has 45 heavy (non-hydrogen) atoms. The van der Waals surface area contributed by atoms with Crippen LogP contribution in [0.4, 0.5) is 11.5 Å². The lowest BCUT2D eigenvalue weighted by molar-refractivity contribution is -0.501. The summed E-state index contributed by atoms with van der Waals surface area (Å²) in [5.41, 5.74) is 12.1. The first-order valence-electron chi connectivity index (χ1n) is 15.8. The van der Waals surface area contributed by atoms with Crippen LogP contribution in [0.25, 0.3) is 11.5 Å². The van der Waals surface area contributed by atoms with Gasteiger partial charge in [-0.3, -0.25) is 10.2 Å². The fraction of sp³-hybridized carbons (Fsp3) is 0.485. The topological polar surface area (TPSA) is 176 Å². The summed E-state index contributed by atoms with van der Waals surface area (Å²) in [6.45, 7) is 4.20. The van der Waals surface area contributed by atoms with E-state index in [4.69, 9.17) is 35.1 Å². The number of ether oxygens (including phenoxy) is 2. The number of hydrogen-bond acceptors (Lipinski definition) is 11. The summed E-state index contributed by atoms with van der Waals surface area (Å²) >= 11 is 0. The molecule has 0 saturated carbocycles. The first kappa shape index (κ1) is 29.6. The number of benzene rings is 1. The molecule has 12 nitrogen and oxygen atoms in total. The van der Waals surface area contributed by atoms with Gasteiger partial charge >= 0.3 is 0 Å². The molecule has 7 rings (SSSR count). The van der Waals surface area contributed by atoms with Crippen LogP contribution < -0.4 is 21.1 Å². The maximum absolute atomic E-state index is 10.1. The van der Waals surface area contributed by atoms with Crippen LogP contribution >= 0.6 is 0 Å². The summed E-state index contributed by atoms with van der Waals surface area (Å²) in [4.78, 5) is 12.1. The Hall–Kier alpha value is -4.15. The molecule has 4 heterocycles. The van der Waals surface area contributed by atoms with Crippen molar-refractivity contribution >= 4 is 17.2 Å². The number of aryl methyl sites for hydroxylation is 1. The lowest BCUT2D eigenvalue weighted by atomic mass is 9.68. The van der Waals surface area contributed by atoms with Crippen molar-refractivity contribution in [1.29, 1.82) is 10.7 Å². The van der Waals surface area contributed by atoms with E-state index < -0.39 is 5.41 Å². The molecule has 6 N–H and O–H groups in total. The zero-order valence-electron chi connectivity index (χ0n) is 26.0. The van der Waals surface area contributed by atoms with E-state index >= 15 is 0 Å². The van der Waals surface area contributed by atoms with Crippen LogP contribution in [-0.2, 0) is 23.0 Å². The van der Waals surface area contributed by atoms with Gasteiger partial charge in [-0.1, -0.05) is 11.2 Å². The van der Waals surface area contributed by atoms with Crippen molar-refractivity contribution in [1.82, 2.24) is 25.3 Å². The number of methoxy groups -OCH3 is 1. The molecule has 0 amide bonds. The molecule has 3 aromatic rings. The van der Waals surface area contributed by atoms with Crippen LogP contribution in [0.3, 0.4) is 0 Å². The average Bonchev–Trinajstić information content (AvgIpc) is 3.82. The van der Waals surface area contributed by atoms with Crippen LogP contribution in [0.15, 0.2) is 34.5 Å². The van der Waals surface area contributed by atoms with E-state index in [1.165, 1.54) is 0 Å². The third kappa shape index (κ3) is 5.00. The Kier molecular flexibility index (Phi) is 7.65. The van der Waals surface area contributed by atoms with Gasteiger partial charge in [0.05, 0.1) is 34.9 Å². The summed E-state index contributed by atoms with van der Waals surface area (Å²) in [6.07, 6.45) is 7.01. The normalized spacial score (nSPS) is 25.9. The molecular weight excluding hydrogens is 570 g/mol. The van der Waals surface area contributed by atoms with Crippen LogP contribution in [0.2, 0.25) is 0 Å². The number of quaternary nitrogens is 1. The van der Waals surface area contributed by atoms with E-state index in [1.807, 2.05) is 29.7 Å². The largest absolute Gasteiger partial charge is 0.473 e. The lowest BCUT2D eigenvalue weighted by Crippen LogP contribution is -2.72. The monoisotopic (exact) mass is 610 g/mol. The summed E-state index contributed by atoms with van der Waals surface area (Å²) in [5.74, 6) is 2.33. The maximum atomic E-state index is 10.1. The smallest absolute Gasteiger partial charge is 0.236 e. The van der Waals surface area contributed by atoms with E-state index in [0.29, 0.717) is 53.3 Å². The predicted molar refractivity (Wildman–Crippen MR) is 167 cm³/mol. The Morgan fingerprint density at radius 1 is 1.29 bits per heavy atom. The number of fused-ring (bicyclic) bond motifs is 4. The minimum atomic E-state index is -0.450. The van der Waals surface area contributed by atoms with E-state index in [1.54, 1.807) is 7.11 Å². The number of nitrogens with zero attached hydrogens (tertiary/aromatic N) is 5. The van der Waals surface area contributed by atoms with Crippen LogP contribution in [0.5, 0.6) is 5.88 Å². The first-order valence-corrected chi connectivity index (χ1v) is 15.8. The molecule has 0 unspecified atom stereocenters. The van der Waals surface area contributed by atoms with Crippen LogP contribution in [0, 0.1) is 16.7 Å². The molecule has 0 bridgehead atoms. The van der Waals surface area contributed by atoms with Gasteiger partial charge in [-0.15, -0.1) is 0 Å². The number of aromatic nitrogens is 3. The van der Waals surface area contributed by atoms with Gasteiger partial charge < -0.3 is 30.5 Å². The van der Waals surface area contributed by atoms with Gasteiger partial charge in [-0.05, 0) is 69.7 Å². The second-order valence-electron chi connectivity index (χ2n) is 12.7. The van der Waals surface area contributed by atoms with Crippen molar-refractivity contribution < 1.29 is 19.3 Å². The number of nitrogen functional groups attached to an aromatic ring is 1. The van der Waals surface area contributed by atoms with Crippen molar-refractivity contribution in [2.75, 3.05) is 39.5 Å². The van der Waals surface area contributed by atoms with Gasteiger partial charge in [-0.25, -0.2) is 0 Å². The highest BCUT2D eigenvalue weighted by atomic mass is 16.5. The Labute approximate surface area is 262 Å². The highest BCUT2D eigenvalue weighted by Crippen LogP contribution is 2.54. The molecule has 2 aromatic heterocycles. The molecule has 2 aliphatic carbocycles. The van der Waals surface area contributed by atoms with Crippen molar-refractivity contribution in [2.24, 2.45) is 0 Å². The van der Waals surface area contributed by atoms with Crippen LogP contribution in [-0.4, -0.2) is 77.8 Å². The predicted octanol–water partition coefficient (Wildman–Crippen LogP) is 2.34. The quantitative estimate of drug-likeness (QED) is 0.291. The zero-order valence-corrected chi connectivity index (χ0v) is 26.0. The molecule has 4 aliphatic rings. The highest BCUT2D eigenvalue weighted by molar-refractivity contribution is 6.01. The molecule has 2 saturated heterocycles. The van der Waals surface area contributed by atoms with Gasteiger partial charge in [0.15, 0.2) is 17.3 Å². The number of nitrogens with one attached hydrogen (secondary N) is 2. The third-order valence-electron chi connectivity index (χ3n) is 10.1. The highest BCUT2D eigenvalue weighted by Gasteiger charge is 2.49. The van der Waals surface area contributed by atoms with Crippen molar-refractivity contribution in [3.05, 3.63) is 58.0 Å². The molecule has 4 atom stereocenters. The minimum Gasteiger partial charge on any atom is -0.473 e. The van der Waals surface area contributed by atoms with Gasteiger partial charge in [-0.2, -0.15) is 15.2 Å². The number of hydrogen-bond donors (Lipinski definition) is 4. The van der Waals surface area contributed by atoms with E-state index in [2.05, 4.69) is 35.4 Å². The number of nitrogens with two attached hydrogens (primary N) is 2. The van der Waals surface area contributed by atoms with E-state index in [-0.39, 0.29) is 18.2 Å². The SMILES string of the molecule is CO[C@H]1CCN(C)[C@@H]1[C@H](C)Oc1cc([NH2+]/C=C2/CNCC2=N)nc(-c2noc3c2CCC[C@@]32CCc3ccc(N)c(C#N)c32)n1. The molecule has 1 aromatic carbocycles. The summed E-state index contributed by atoms with van der Waals surface area (Å²) in [6, 6.07) is 8.17. The Morgan fingerprint density at radius 3 is 2.93 bits per heavy atom. The fourth-order valence-electron chi connectivity index (χ4n) is 7.96. The number of likely N-dealkylation sites (N-methyl/N-ethyl adjacent to an activating group) is 1. The Balaban J connectivity index is 1.28. The van der Waals surface area contributed by atoms with Crippen molar-refractivity contribution in [2.45, 2.75) is 69.1 Å². The Morgan fingerprint density at radius 2 is 2.16 bits per heavy atom. The molecule has 0 radical (unpaired) electrons. The lowest BCUT2D eigenvalue weighted by Gasteiger charge is -2.33. The molecule has 12 heteroatoms. The minimum absolute atomic E-state index is 0.0725. The molecule has 2 fully saturated rings. The maximum Gasteiger partial charge on any atom is 0.236 e. The number of anilines is 1.